The molecule has 2 aliphatic rings. The molecule has 3 N–H and O–H groups in total. The molecule has 2 heterocycles. The number of hydrogen-bond donors (Lipinski definition) is 3. The molecular weight excluding hydrogens is 398 g/mol. The van der Waals surface area contributed by atoms with Crippen LogP contribution in [0.1, 0.15) is 41.6 Å². The van der Waals surface area contributed by atoms with E-state index in [0.717, 1.165) is 29.0 Å². The van der Waals surface area contributed by atoms with E-state index in [1.807, 2.05) is 29.6 Å². The topological polar surface area (TPSA) is 96.5 Å². The number of thiophene rings is 1. The lowest BCUT2D eigenvalue weighted by Crippen LogP contribution is -2.33. The first-order chi connectivity index (χ1) is 13.6. The summed E-state index contributed by atoms with van der Waals surface area (Å²) in [5, 5.41) is 10.1. The number of fused-ring (bicyclic) bond motifs is 1. The number of nitrogens with one attached hydrogen (secondary N) is 3. The summed E-state index contributed by atoms with van der Waals surface area (Å²) in [6, 6.07) is 7.71. The summed E-state index contributed by atoms with van der Waals surface area (Å²) < 4.78 is 4.80. The molecule has 146 valence electrons. The Morgan fingerprint density at radius 3 is 2.75 bits per heavy atom. The van der Waals surface area contributed by atoms with Gasteiger partial charge < -0.3 is 15.4 Å². The van der Waals surface area contributed by atoms with Gasteiger partial charge in [0.25, 0.3) is 11.8 Å². The van der Waals surface area contributed by atoms with Crippen molar-refractivity contribution in [3.63, 3.8) is 0 Å². The van der Waals surface area contributed by atoms with Crippen molar-refractivity contribution >= 4 is 51.7 Å². The molecule has 7 nitrogen and oxygen atoms in total. The number of hydrogen-bond acceptors (Lipinski definition) is 7. The van der Waals surface area contributed by atoms with Crippen molar-refractivity contribution in [3.8, 4) is 0 Å². The second-order valence-electron chi connectivity index (χ2n) is 6.47. The zero-order valence-corrected chi connectivity index (χ0v) is 16.7. The molecule has 9 heteroatoms. The Kier molecular flexibility index (Phi) is 5.27. The van der Waals surface area contributed by atoms with Crippen molar-refractivity contribution in [2.24, 2.45) is 0 Å². The normalized spacial score (nSPS) is 17.4. The van der Waals surface area contributed by atoms with Crippen molar-refractivity contribution in [2.45, 2.75) is 36.0 Å². The third-order valence-corrected chi connectivity index (χ3v) is 6.54. The van der Waals surface area contributed by atoms with Gasteiger partial charge in [-0.15, -0.1) is 11.3 Å². The molecule has 3 amide bonds. The average Bonchev–Trinajstić information content (AvgIpc) is 3.27. The SMILES string of the molecule is CCOC(=O)NC(=O)c1c(C2CC2)csc1NC(=O)C1Nc2ccccc2S1. The smallest absolute Gasteiger partial charge is 0.414 e. The van der Waals surface area contributed by atoms with Gasteiger partial charge in [-0.1, -0.05) is 23.9 Å². The second-order valence-corrected chi connectivity index (χ2v) is 8.50. The Balaban J connectivity index is 1.51. The zero-order valence-electron chi connectivity index (χ0n) is 15.1. The molecule has 1 atom stereocenters. The molecule has 28 heavy (non-hydrogen) atoms. The minimum Gasteiger partial charge on any atom is -0.450 e. The van der Waals surface area contributed by atoms with E-state index in [-0.39, 0.29) is 12.5 Å². The van der Waals surface area contributed by atoms with Crippen LogP contribution in [0.15, 0.2) is 34.5 Å². The summed E-state index contributed by atoms with van der Waals surface area (Å²) in [6.07, 6.45) is 1.21. The van der Waals surface area contributed by atoms with Gasteiger partial charge in [-0.3, -0.25) is 14.9 Å². The molecule has 2 aromatic rings. The van der Waals surface area contributed by atoms with Gasteiger partial charge in [-0.25, -0.2) is 4.79 Å². The number of carbonyl (C=O) groups excluding carboxylic acids is 3. The predicted octanol–water partition coefficient (Wildman–Crippen LogP) is 3.99. The monoisotopic (exact) mass is 417 g/mol. The minimum absolute atomic E-state index is 0.174. The number of carbonyl (C=O) groups is 3. The molecule has 1 saturated carbocycles. The van der Waals surface area contributed by atoms with Gasteiger partial charge in [0.2, 0.25) is 0 Å². The maximum absolute atomic E-state index is 12.8. The third kappa shape index (κ3) is 3.85. The highest BCUT2D eigenvalue weighted by Gasteiger charge is 2.34. The Morgan fingerprint density at radius 2 is 2.04 bits per heavy atom. The Bertz CT molecular complexity index is 914. The van der Waals surface area contributed by atoms with Crippen molar-refractivity contribution in [3.05, 3.63) is 40.8 Å². The summed E-state index contributed by atoms with van der Waals surface area (Å²) >= 11 is 2.73. The van der Waals surface area contributed by atoms with Crippen LogP contribution in [0.2, 0.25) is 0 Å². The van der Waals surface area contributed by atoms with Crippen LogP contribution in [0.25, 0.3) is 0 Å². The molecule has 1 aliphatic carbocycles. The van der Waals surface area contributed by atoms with Gasteiger partial charge in [-0.2, -0.15) is 0 Å². The minimum atomic E-state index is -0.791. The van der Waals surface area contributed by atoms with E-state index in [1.165, 1.54) is 23.1 Å². The molecule has 0 radical (unpaired) electrons. The summed E-state index contributed by atoms with van der Waals surface area (Å²) in [4.78, 5) is 38.1. The fraction of sp³-hybridized carbons (Fsp3) is 0.316. The van der Waals surface area contributed by atoms with Crippen LogP contribution >= 0.6 is 23.1 Å². The number of ether oxygens (including phenoxy) is 1. The van der Waals surface area contributed by atoms with Gasteiger partial charge in [0.05, 0.1) is 12.2 Å². The van der Waals surface area contributed by atoms with Crippen molar-refractivity contribution in [2.75, 3.05) is 17.2 Å². The number of para-hydroxylation sites is 1. The molecule has 1 aromatic carbocycles. The predicted molar refractivity (Wildman–Crippen MR) is 109 cm³/mol. The average molecular weight is 418 g/mol. The summed E-state index contributed by atoms with van der Waals surface area (Å²) in [5.74, 6) is -0.490. The van der Waals surface area contributed by atoms with Gasteiger partial charge in [0.15, 0.2) is 5.37 Å². The van der Waals surface area contributed by atoms with Crippen LogP contribution < -0.4 is 16.0 Å². The summed E-state index contributed by atoms with van der Waals surface area (Å²) in [7, 11) is 0. The van der Waals surface area contributed by atoms with E-state index in [1.54, 1.807) is 6.92 Å². The standard InChI is InChI=1S/C19H19N3O4S2/c1-2-26-19(25)22-15(23)14-11(10-7-8-10)9-27-17(14)21-16(24)18-20-12-5-3-4-6-13(12)28-18/h3-6,9-10,18,20H,2,7-8H2,1H3,(H,21,24)(H,22,23,25). The van der Waals surface area contributed by atoms with Crippen LogP contribution in [0.3, 0.4) is 0 Å². The molecule has 1 aliphatic heterocycles. The first-order valence-corrected chi connectivity index (χ1v) is 10.7. The zero-order chi connectivity index (χ0) is 19.7. The van der Waals surface area contributed by atoms with E-state index in [2.05, 4.69) is 16.0 Å². The number of benzene rings is 1. The van der Waals surface area contributed by atoms with Crippen molar-refractivity contribution in [1.82, 2.24) is 5.32 Å². The van der Waals surface area contributed by atoms with E-state index >= 15 is 0 Å². The highest BCUT2D eigenvalue weighted by Crippen LogP contribution is 2.46. The highest BCUT2D eigenvalue weighted by molar-refractivity contribution is 8.01. The van der Waals surface area contributed by atoms with Crippen LogP contribution in [0.5, 0.6) is 0 Å². The van der Waals surface area contributed by atoms with Crippen molar-refractivity contribution in [1.29, 1.82) is 0 Å². The fourth-order valence-electron chi connectivity index (χ4n) is 3.00. The van der Waals surface area contributed by atoms with Crippen LogP contribution in [-0.4, -0.2) is 29.9 Å². The maximum atomic E-state index is 12.8. The molecule has 0 spiro atoms. The molecule has 0 bridgehead atoms. The third-order valence-electron chi connectivity index (χ3n) is 4.45. The molecule has 1 aromatic heterocycles. The Morgan fingerprint density at radius 1 is 1.25 bits per heavy atom. The second kappa shape index (κ2) is 7.84. The number of imide groups is 1. The lowest BCUT2D eigenvalue weighted by atomic mass is 10.1. The van der Waals surface area contributed by atoms with Crippen LogP contribution in [0.4, 0.5) is 15.5 Å². The Labute approximate surface area is 170 Å². The van der Waals surface area contributed by atoms with E-state index in [0.29, 0.717) is 16.5 Å². The van der Waals surface area contributed by atoms with E-state index in [9.17, 15) is 14.4 Å². The van der Waals surface area contributed by atoms with Crippen LogP contribution in [0, 0.1) is 0 Å². The quantitative estimate of drug-likeness (QED) is 0.681. The lowest BCUT2D eigenvalue weighted by molar-refractivity contribution is -0.115. The van der Waals surface area contributed by atoms with Gasteiger partial charge in [-0.05, 0) is 48.8 Å². The highest BCUT2D eigenvalue weighted by atomic mass is 32.2. The molecule has 4 rings (SSSR count). The first-order valence-electron chi connectivity index (χ1n) is 8.99. The number of thioether (sulfide) groups is 1. The lowest BCUT2D eigenvalue weighted by Gasteiger charge is -2.12. The summed E-state index contributed by atoms with van der Waals surface area (Å²) in [6.45, 7) is 1.84. The number of alkyl carbamates (subject to hydrolysis) is 1. The maximum Gasteiger partial charge on any atom is 0.414 e. The van der Waals surface area contributed by atoms with Gasteiger partial charge in [0.1, 0.15) is 5.00 Å². The number of rotatable bonds is 5. The van der Waals surface area contributed by atoms with E-state index < -0.39 is 17.4 Å². The summed E-state index contributed by atoms with van der Waals surface area (Å²) in [5.41, 5.74) is 2.14. The molecule has 0 saturated heterocycles. The van der Waals surface area contributed by atoms with Crippen molar-refractivity contribution < 1.29 is 19.1 Å². The fourth-order valence-corrected chi connectivity index (χ4v) is 5.06. The van der Waals surface area contributed by atoms with Gasteiger partial charge >= 0.3 is 6.09 Å². The van der Waals surface area contributed by atoms with Gasteiger partial charge in [0, 0.05) is 10.6 Å². The van der Waals surface area contributed by atoms with E-state index in [4.69, 9.17) is 4.74 Å². The number of anilines is 2. The first kappa shape index (κ1) is 18.8. The molecular formula is C19H19N3O4S2. The Hall–Kier alpha value is -2.52. The molecule has 1 unspecified atom stereocenters. The molecule has 1 fully saturated rings. The number of amides is 3. The largest absolute Gasteiger partial charge is 0.450 e. The van der Waals surface area contributed by atoms with Crippen LogP contribution in [-0.2, 0) is 9.53 Å².